The summed E-state index contributed by atoms with van der Waals surface area (Å²) < 4.78 is 3.51. The number of rotatable bonds is 7. The molecule has 1 unspecified atom stereocenters. The fourth-order valence-corrected chi connectivity index (χ4v) is 5.45. The van der Waals surface area contributed by atoms with E-state index < -0.39 is 6.04 Å². The van der Waals surface area contributed by atoms with Gasteiger partial charge >= 0.3 is 0 Å². The van der Waals surface area contributed by atoms with Gasteiger partial charge in [0.05, 0.1) is 39.6 Å². The van der Waals surface area contributed by atoms with Crippen LogP contribution in [0.5, 0.6) is 0 Å². The van der Waals surface area contributed by atoms with E-state index in [1.54, 1.807) is 24.0 Å². The van der Waals surface area contributed by atoms with Crippen molar-refractivity contribution >= 4 is 44.7 Å². The summed E-state index contributed by atoms with van der Waals surface area (Å²) in [5, 5.41) is 28.7. The zero-order valence-electron chi connectivity index (χ0n) is 24.4. The first kappa shape index (κ1) is 27.7. The maximum Gasteiger partial charge on any atom is 0.258 e. The minimum atomic E-state index is -0.441. The van der Waals surface area contributed by atoms with E-state index in [0.29, 0.717) is 33.7 Å². The second-order valence-corrected chi connectivity index (χ2v) is 13.0. The Hall–Kier alpha value is -4.42. The number of hydrogen-bond acceptors (Lipinski definition) is 7. The normalized spacial score (nSPS) is 15.0. The summed E-state index contributed by atoms with van der Waals surface area (Å²) in [6.45, 7) is 9.22. The number of nitriles is 1. The van der Waals surface area contributed by atoms with Gasteiger partial charge in [0.2, 0.25) is 0 Å². The van der Waals surface area contributed by atoms with Crippen LogP contribution in [0.25, 0.3) is 21.7 Å². The molecule has 2 aromatic carbocycles. The van der Waals surface area contributed by atoms with E-state index in [1.165, 1.54) is 0 Å². The van der Waals surface area contributed by atoms with Crippen molar-refractivity contribution in [3.63, 3.8) is 0 Å². The van der Waals surface area contributed by atoms with E-state index >= 15 is 0 Å². The number of fused-ring (bicyclic) bond motifs is 2. The van der Waals surface area contributed by atoms with Gasteiger partial charge in [-0.15, -0.1) is 5.10 Å². The maximum absolute atomic E-state index is 13.0. The molecule has 0 radical (unpaired) electrons. The lowest BCUT2D eigenvalue weighted by atomic mass is 9.96. The van der Waals surface area contributed by atoms with Gasteiger partial charge in [0.1, 0.15) is 11.8 Å². The van der Waals surface area contributed by atoms with Crippen LogP contribution in [0.1, 0.15) is 63.4 Å². The number of pyridine rings is 2. The molecule has 5 aromatic rings. The van der Waals surface area contributed by atoms with E-state index in [1.807, 2.05) is 47.3 Å². The van der Waals surface area contributed by atoms with Crippen LogP contribution in [-0.4, -0.2) is 31.1 Å². The largest absolute Gasteiger partial charge is 0.383 e. The Kier molecular flexibility index (Phi) is 6.70. The van der Waals surface area contributed by atoms with E-state index in [0.717, 1.165) is 40.6 Å². The molecule has 42 heavy (non-hydrogen) atoms. The van der Waals surface area contributed by atoms with Crippen molar-refractivity contribution in [3.05, 3.63) is 87.2 Å². The summed E-state index contributed by atoms with van der Waals surface area (Å²) in [6, 6.07) is 13.3. The molecule has 1 atom stereocenters. The summed E-state index contributed by atoms with van der Waals surface area (Å²) in [7, 11) is 1.75. The molecule has 10 heteroatoms. The highest BCUT2D eigenvalue weighted by Crippen LogP contribution is 2.43. The lowest BCUT2D eigenvalue weighted by Gasteiger charge is -2.23. The first-order valence-corrected chi connectivity index (χ1v) is 14.4. The van der Waals surface area contributed by atoms with Crippen LogP contribution in [0.3, 0.4) is 0 Å². The van der Waals surface area contributed by atoms with Gasteiger partial charge in [-0.3, -0.25) is 9.78 Å². The van der Waals surface area contributed by atoms with E-state index in [9.17, 15) is 10.1 Å². The Morgan fingerprint density at radius 1 is 1.17 bits per heavy atom. The molecule has 1 aliphatic carbocycles. The van der Waals surface area contributed by atoms with Crippen LogP contribution in [0.2, 0.25) is 5.02 Å². The van der Waals surface area contributed by atoms with Gasteiger partial charge in [-0.1, -0.05) is 49.7 Å². The Labute approximate surface area is 249 Å². The standard InChI is InChI=1S/C32H33ClN8O/c1-31(2,3)18-36-27-19(15-34)16-35-28-24(27)13-20(14-25(28)33)37-29(26-17-41(39-38-26)32(4)10-11-32)22-7-6-8-23-21(22)9-12-40(5)30(23)42/h6-9,12-14,16-17,29,37H,10-11,18H2,1-5H3,(H,35,36). The molecule has 214 valence electrons. The predicted octanol–water partition coefficient (Wildman–Crippen LogP) is 6.37. The molecule has 0 amide bonds. The molecule has 9 nitrogen and oxygen atoms in total. The molecular weight excluding hydrogens is 548 g/mol. The Balaban J connectivity index is 1.51. The van der Waals surface area contributed by atoms with Crippen LogP contribution in [-0.2, 0) is 12.6 Å². The minimum absolute atomic E-state index is 0.0114. The van der Waals surface area contributed by atoms with Gasteiger partial charge < -0.3 is 15.2 Å². The summed E-state index contributed by atoms with van der Waals surface area (Å²) in [4.78, 5) is 17.5. The molecule has 1 aliphatic rings. The highest BCUT2D eigenvalue weighted by atomic mass is 35.5. The van der Waals surface area contributed by atoms with E-state index in [4.69, 9.17) is 11.6 Å². The smallest absolute Gasteiger partial charge is 0.258 e. The second-order valence-electron chi connectivity index (χ2n) is 12.6. The number of benzene rings is 2. The quantitative estimate of drug-likeness (QED) is 0.230. The predicted molar refractivity (Wildman–Crippen MR) is 167 cm³/mol. The number of aryl methyl sites for hydroxylation is 1. The first-order valence-electron chi connectivity index (χ1n) is 14.0. The van der Waals surface area contributed by atoms with Gasteiger partial charge in [-0.25, -0.2) is 4.68 Å². The zero-order valence-corrected chi connectivity index (χ0v) is 25.1. The van der Waals surface area contributed by atoms with Crippen molar-refractivity contribution in [1.82, 2.24) is 24.5 Å². The van der Waals surface area contributed by atoms with Crippen LogP contribution in [0.4, 0.5) is 11.4 Å². The minimum Gasteiger partial charge on any atom is -0.383 e. The number of halogens is 1. The van der Waals surface area contributed by atoms with Crippen molar-refractivity contribution < 1.29 is 0 Å². The fourth-order valence-electron chi connectivity index (χ4n) is 5.18. The summed E-state index contributed by atoms with van der Waals surface area (Å²) >= 11 is 6.81. The molecule has 2 N–H and O–H groups in total. The monoisotopic (exact) mass is 580 g/mol. The molecule has 1 saturated carbocycles. The molecule has 6 rings (SSSR count). The van der Waals surface area contributed by atoms with E-state index in [2.05, 4.69) is 59.7 Å². The van der Waals surface area contributed by atoms with Crippen molar-refractivity contribution in [2.45, 2.75) is 52.1 Å². The Bertz CT molecular complexity index is 1940. The van der Waals surface area contributed by atoms with E-state index in [-0.39, 0.29) is 16.5 Å². The SMILES string of the molecule is Cn1ccc2c(C(Nc3cc(Cl)c4ncc(C#N)c(NCC(C)(C)C)c4c3)c3cn(C4(C)CC4)nn3)cccc2c1=O. The number of anilines is 2. The molecule has 1 fully saturated rings. The number of aromatic nitrogens is 5. The molecule has 0 aliphatic heterocycles. The summed E-state index contributed by atoms with van der Waals surface area (Å²) in [6.07, 6.45) is 7.43. The van der Waals surface area contributed by atoms with Gasteiger partial charge in [0.25, 0.3) is 5.56 Å². The van der Waals surface area contributed by atoms with Crippen LogP contribution >= 0.6 is 11.6 Å². The Morgan fingerprint density at radius 2 is 1.95 bits per heavy atom. The van der Waals surface area contributed by atoms with Crippen LogP contribution < -0.4 is 16.2 Å². The van der Waals surface area contributed by atoms with Crippen molar-refractivity contribution in [2.75, 3.05) is 17.2 Å². The first-order chi connectivity index (χ1) is 20.0. The number of hydrogen-bond donors (Lipinski definition) is 2. The van der Waals surface area contributed by atoms with Crippen LogP contribution in [0.15, 0.2) is 59.8 Å². The van der Waals surface area contributed by atoms with Gasteiger partial charge in [-0.05, 0) is 60.4 Å². The zero-order chi connectivity index (χ0) is 29.8. The Morgan fingerprint density at radius 3 is 2.67 bits per heavy atom. The molecule has 3 heterocycles. The van der Waals surface area contributed by atoms with Crippen molar-refractivity contribution in [3.8, 4) is 6.07 Å². The highest BCUT2D eigenvalue weighted by Gasteiger charge is 2.41. The maximum atomic E-state index is 13.0. The third kappa shape index (κ3) is 5.07. The third-order valence-electron chi connectivity index (χ3n) is 7.95. The highest BCUT2D eigenvalue weighted by molar-refractivity contribution is 6.35. The molecule has 3 aromatic heterocycles. The van der Waals surface area contributed by atoms with Crippen molar-refractivity contribution in [2.24, 2.45) is 12.5 Å². The van der Waals surface area contributed by atoms with Crippen molar-refractivity contribution in [1.29, 1.82) is 5.26 Å². The lowest BCUT2D eigenvalue weighted by molar-refractivity contribution is 0.443. The fraction of sp³-hybridized carbons (Fsp3) is 0.344. The number of nitrogens with one attached hydrogen (secondary N) is 2. The topological polar surface area (TPSA) is 113 Å². The van der Waals surface area contributed by atoms with Gasteiger partial charge in [-0.2, -0.15) is 5.26 Å². The van der Waals surface area contributed by atoms with Gasteiger partial charge in [0.15, 0.2) is 0 Å². The number of nitrogens with zero attached hydrogens (tertiary/aromatic N) is 6. The van der Waals surface area contributed by atoms with Gasteiger partial charge in [0, 0.05) is 42.4 Å². The average Bonchev–Trinajstić information content (AvgIpc) is 3.50. The third-order valence-corrected chi connectivity index (χ3v) is 8.24. The molecule has 0 saturated heterocycles. The molecule has 0 spiro atoms. The average molecular weight is 581 g/mol. The lowest BCUT2D eigenvalue weighted by Crippen LogP contribution is -2.20. The summed E-state index contributed by atoms with van der Waals surface area (Å²) in [5.74, 6) is 0. The van der Waals surface area contributed by atoms with Crippen LogP contribution in [0, 0.1) is 16.7 Å². The summed E-state index contributed by atoms with van der Waals surface area (Å²) in [5.41, 5.74) is 3.98. The molecular formula is C32H33ClN8O. The second kappa shape index (κ2) is 10.1. The molecule has 0 bridgehead atoms.